The number of β-amino-alcohol motifs (C(OH)–C–C–N with tert-alkyl or cyclic N) is 1. The molecule has 0 radical (unpaired) electrons. The Kier molecular flexibility index (Phi) is 5.90. The Morgan fingerprint density at radius 3 is 2.45 bits per heavy atom. The van der Waals surface area contributed by atoms with Gasteiger partial charge < -0.3 is 19.3 Å². The maximum Gasteiger partial charge on any atom is 0.119 e. The number of nitrogens with zero attached hydrogens (tertiary/aromatic N) is 3. The van der Waals surface area contributed by atoms with E-state index < -0.39 is 6.10 Å². The van der Waals surface area contributed by atoms with E-state index in [1.54, 1.807) is 7.11 Å². The van der Waals surface area contributed by atoms with Gasteiger partial charge in [0.15, 0.2) is 0 Å². The van der Waals surface area contributed by atoms with E-state index in [0.717, 1.165) is 60.6 Å². The van der Waals surface area contributed by atoms with E-state index >= 15 is 0 Å². The highest BCUT2D eigenvalue weighted by molar-refractivity contribution is 5.87. The topological polar surface area (TPSA) is 40.9 Å². The second kappa shape index (κ2) is 8.57. The van der Waals surface area contributed by atoms with Crippen molar-refractivity contribution in [1.82, 2.24) is 14.4 Å². The standard InChI is InChI=1S/C24H31N3O2/c1-18-24(23(28)17-26-13-11-25(2)12-14-26)21-15-20(29-3)9-10-22(21)27(18)16-19-7-5-4-6-8-19/h4-10,15,23,28H,11-14,16-17H2,1-3H3/t23-/m1/s1. The summed E-state index contributed by atoms with van der Waals surface area (Å²) in [5, 5.41) is 12.3. The zero-order valence-corrected chi connectivity index (χ0v) is 17.6. The SMILES string of the molecule is COc1ccc2c(c1)c([C@H](O)CN1CCN(C)CC1)c(C)n2Cc1ccccc1. The number of piperazine rings is 1. The van der Waals surface area contributed by atoms with Crippen LogP contribution in [-0.2, 0) is 6.54 Å². The Balaban J connectivity index is 1.70. The van der Waals surface area contributed by atoms with Crippen LogP contribution >= 0.6 is 0 Å². The molecule has 3 aromatic rings. The highest BCUT2D eigenvalue weighted by Gasteiger charge is 2.24. The molecule has 1 aliphatic heterocycles. The lowest BCUT2D eigenvalue weighted by Crippen LogP contribution is -2.45. The Bertz CT molecular complexity index is 959. The number of hydrogen-bond donors (Lipinski definition) is 1. The molecule has 1 N–H and O–H groups in total. The lowest BCUT2D eigenvalue weighted by molar-refractivity contribution is 0.0808. The summed E-state index contributed by atoms with van der Waals surface area (Å²) in [4.78, 5) is 4.70. The fourth-order valence-corrected chi connectivity index (χ4v) is 4.37. The van der Waals surface area contributed by atoms with Gasteiger partial charge in [-0.05, 0) is 37.7 Å². The molecule has 1 aliphatic rings. The van der Waals surface area contributed by atoms with Gasteiger partial charge in [-0.3, -0.25) is 4.90 Å². The van der Waals surface area contributed by atoms with Crippen molar-refractivity contribution >= 4 is 10.9 Å². The van der Waals surface area contributed by atoms with Gasteiger partial charge in [0.05, 0.1) is 13.2 Å². The van der Waals surface area contributed by atoms with Gasteiger partial charge in [0.25, 0.3) is 0 Å². The molecule has 154 valence electrons. The summed E-state index contributed by atoms with van der Waals surface area (Å²) < 4.78 is 7.79. The molecule has 5 nitrogen and oxygen atoms in total. The van der Waals surface area contributed by atoms with Crippen molar-refractivity contribution in [2.24, 2.45) is 0 Å². The van der Waals surface area contributed by atoms with Gasteiger partial charge >= 0.3 is 0 Å². The number of likely N-dealkylation sites (N-methyl/N-ethyl adjacent to an activating group) is 1. The fourth-order valence-electron chi connectivity index (χ4n) is 4.37. The maximum atomic E-state index is 11.3. The van der Waals surface area contributed by atoms with Crippen molar-refractivity contribution in [3.63, 3.8) is 0 Å². The first-order chi connectivity index (χ1) is 14.1. The molecule has 0 aliphatic carbocycles. The number of hydrogen-bond acceptors (Lipinski definition) is 4. The Morgan fingerprint density at radius 2 is 1.76 bits per heavy atom. The molecule has 1 saturated heterocycles. The first-order valence-electron chi connectivity index (χ1n) is 10.4. The molecular formula is C24H31N3O2. The summed E-state index contributed by atoms with van der Waals surface area (Å²) in [6.07, 6.45) is -0.523. The van der Waals surface area contributed by atoms with Crippen LogP contribution in [0.1, 0.15) is 22.9 Å². The zero-order valence-electron chi connectivity index (χ0n) is 17.6. The van der Waals surface area contributed by atoms with Crippen molar-refractivity contribution in [2.45, 2.75) is 19.6 Å². The third-order valence-corrected chi connectivity index (χ3v) is 6.12. The Labute approximate surface area is 173 Å². The molecule has 4 rings (SSSR count). The molecule has 0 saturated carbocycles. The number of ether oxygens (including phenoxy) is 1. The number of rotatable bonds is 6. The van der Waals surface area contributed by atoms with Crippen LogP contribution in [0.5, 0.6) is 5.75 Å². The van der Waals surface area contributed by atoms with E-state index in [1.165, 1.54) is 5.56 Å². The van der Waals surface area contributed by atoms with Gasteiger partial charge in [-0.25, -0.2) is 0 Å². The third kappa shape index (κ3) is 4.17. The van der Waals surface area contributed by atoms with Gasteiger partial charge in [-0.1, -0.05) is 30.3 Å². The lowest BCUT2D eigenvalue weighted by atomic mass is 10.0. The normalized spacial score (nSPS) is 17.0. The minimum Gasteiger partial charge on any atom is -0.497 e. The van der Waals surface area contributed by atoms with Crippen LogP contribution in [0.3, 0.4) is 0 Å². The molecule has 29 heavy (non-hydrogen) atoms. The van der Waals surface area contributed by atoms with E-state index in [9.17, 15) is 5.11 Å². The number of methoxy groups -OCH3 is 1. The third-order valence-electron chi connectivity index (χ3n) is 6.12. The van der Waals surface area contributed by atoms with Crippen LogP contribution in [-0.4, -0.2) is 66.4 Å². The van der Waals surface area contributed by atoms with E-state index in [0.29, 0.717) is 6.54 Å². The number of fused-ring (bicyclic) bond motifs is 1. The number of aliphatic hydroxyl groups is 1. The summed E-state index contributed by atoms with van der Waals surface area (Å²) in [5.74, 6) is 0.822. The minimum atomic E-state index is -0.523. The molecule has 1 atom stereocenters. The summed E-state index contributed by atoms with van der Waals surface area (Å²) in [6, 6.07) is 16.7. The summed E-state index contributed by atoms with van der Waals surface area (Å²) in [6.45, 7) is 7.67. The van der Waals surface area contributed by atoms with Gasteiger partial charge in [-0.2, -0.15) is 0 Å². The summed E-state index contributed by atoms with van der Waals surface area (Å²) in [5.41, 5.74) is 4.54. The van der Waals surface area contributed by atoms with Crippen molar-refractivity contribution in [3.8, 4) is 5.75 Å². The van der Waals surface area contributed by atoms with Crippen LogP contribution in [0.4, 0.5) is 0 Å². The highest BCUT2D eigenvalue weighted by Crippen LogP contribution is 2.34. The van der Waals surface area contributed by atoms with E-state index in [1.807, 2.05) is 12.1 Å². The first-order valence-corrected chi connectivity index (χ1v) is 10.4. The fraction of sp³-hybridized carbons (Fsp3) is 0.417. The highest BCUT2D eigenvalue weighted by atomic mass is 16.5. The quantitative estimate of drug-likeness (QED) is 0.698. The molecule has 0 amide bonds. The number of aromatic nitrogens is 1. The summed E-state index contributed by atoms with van der Waals surface area (Å²) in [7, 11) is 3.84. The Hall–Kier alpha value is -2.34. The molecule has 1 aromatic heterocycles. The lowest BCUT2D eigenvalue weighted by Gasteiger charge is -2.33. The predicted molar refractivity (Wildman–Crippen MR) is 118 cm³/mol. The van der Waals surface area contributed by atoms with Crippen LogP contribution in [0, 0.1) is 6.92 Å². The van der Waals surface area contributed by atoms with Gasteiger partial charge in [0.1, 0.15) is 5.75 Å². The molecule has 0 unspecified atom stereocenters. The van der Waals surface area contributed by atoms with Crippen LogP contribution in [0.25, 0.3) is 10.9 Å². The monoisotopic (exact) mass is 393 g/mol. The molecule has 2 heterocycles. The molecule has 0 bridgehead atoms. The number of aliphatic hydroxyl groups excluding tert-OH is 1. The second-order valence-corrected chi connectivity index (χ2v) is 8.07. The predicted octanol–water partition coefficient (Wildman–Crippen LogP) is 3.29. The smallest absolute Gasteiger partial charge is 0.119 e. The van der Waals surface area contributed by atoms with Crippen LogP contribution in [0.15, 0.2) is 48.5 Å². The van der Waals surface area contributed by atoms with Crippen molar-refractivity contribution in [3.05, 3.63) is 65.4 Å². The van der Waals surface area contributed by atoms with Gasteiger partial charge in [0.2, 0.25) is 0 Å². The molecule has 0 spiro atoms. The van der Waals surface area contributed by atoms with Gasteiger partial charge in [-0.15, -0.1) is 0 Å². The minimum absolute atomic E-state index is 0.523. The van der Waals surface area contributed by atoms with Crippen molar-refractivity contribution in [2.75, 3.05) is 46.9 Å². The second-order valence-electron chi connectivity index (χ2n) is 8.07. The molecular weight excluding hydrogens is 362 g/mol. The van der Waals surface area contributed by atoms with Gasteiger partial charge in [0, 0.05) is 61.4 Å². The van der Waals surface area contributed by atoms with E-state index in [-0.39, 0.29) is 0 Å². The zero-order chi connectivity index (χ0) is 20.4. The maximum absolute atomic E-state index is 11.3. The number of benzene rings is 2. The average Bonchev–Trinajstić information content (AvgIpc) is 3.01. The van der Waals surface area contributed by atoms with Crippen molar-refractivity contribution in [1.29, 1.82) is 0 Å². The largest absolute Gasteiger partial charge is 0.497 e. The molecule has 1 fully saturated rings. The molecule has 5 heteroatoms. The molecule has 2 aromatic carbocycles. The van der Waals surface area contributed by atoms with E-state index in [4.69, 9.17) is 4.74 Å². The van der Waals surface area contributed by atoms with E-state index in [2.05, 4.69) is 64.7 Å². The van der Waals surface area contributed by atoms with Crippen LogP contribution < -0.4 is 4.74 Å². The average molecular weight is 394 g/mol. The summed E-state index contributed by atoms with van der Waals surface area (Å²) >= 11 is 0. The van der Waals surface area contributed by atoms with Crippen molar-refractivity contribution < 1.29 is 9.84 Å². The first kappa shape index (κ1) is 20.0. The van der Waals surface area contributed by atoms with Crippen LogP contribution in [0.2, 0.25) is 0 Å². The Morgan fingerprint density at radius 1 is 1.03 bits per heavy atom.